The van der Waals surface area contributed by atoms with Crippen LogP contribution in [0.15, 0.2) is 188 Å². The minimum absolute atomic E-state index is 1.10. The number of hydrogen-bond acceptors (Lipinski definition) is 1. The van der Waals surface area contributed by atoms with Crippen LogP contribution in [0.3, 0.4) is 0 Å². The third kappa shape index (κ3) is 5.15. The van der Waals surface area contributed by atoms with E-state index in [-0.39, 0.29) is 0 Å². The van der Waals surface area contributed by atoms with Crippen molar-refractivity contribution in [1.82, 2.24) is 4.57 Å². The fourth-order valence-electron chi connectivity index (χ4n) is 7.24. The van der Waals surface area contributed by atoms with Crippen molar-refractivity contribution < 1.29 is 0 Å². The molecule has 0 saturated carbocycles. The van der Waals surface area contributed by atoms with E-state index in [1.54, 1.807) is 0 Å². The number of aryl methyl sites for hydroxylation is 1. The average molecular weight is 627 g/mol. The fourth-order valence-corrected chi connectivity index (χ4v) is 7.24. The Labute approximate surface area is 286 Å². The number of para-hydroxylation sites is 2. The number of fused-ring (bicyclic) bond motifs is 4. The molecule has 8 aromatic carbocycles. The van der Waals surface area contributed by atoms with Crippen molar-refractivity contribution in [3.8, 4) is 27.9 Å². The molecule has 49 heavy (non-hydrogen) atoms. The molecule has 1 heterocycles. The molecule has 2 heteroatoms. The van der Waals surface area contributed by atoms with Crippen LogP contribution < -0.4 is 4.90 Å². The van der Waals surface area contributed by atoms with Crippen molar-refractivity contribution in [3.63, 3.8) is 0 Å². The van der Waals surface area contributed by atoms with E-state index in [0.29, 0.717) is 0 Å². The van der Waals surface area contributed by atoms with Gasteiger partial charge in [0.15, 0.2) is 0 Å². The molecule has 0 aliphatic rings. The van der Waals surface area contributed by atoms with Gasteiger partial charge in [-0.15, -0.1) is 0 Å². The van der Waals surface area contributed by atoms with Crippen LogP contribution in [-0.4, -0.2) is 4.57 Å². The van der Waals surface area contributed by atoms with E-state index in [0.717, 1.165) is 22.7 Å². The third-order valence-electron chi connectivity index (χ3n) is 9.62. The molecule has 0 radical (unpaired) electrons. The predicted octanol–water partition coefficient (Wildman–Crippen LogP) is 13.0. The summed E-state index contributed by atoms with van der Waals surface area (Å²) in [6, 6.07) is 68.1. The lowest BCUT2D eigenvalue weighted by atomic mass is 9.97. The first-order chi connectivity index (χ1) is 24.2. The van der Waals surface area contributed by atoms with Gasteiger partial charge in [0.2, 0.25) is 0 Å². The van der Waals surface area contributed by atoms with Gasteiger partial charge in [-0.05, 0) is 94.5 Å². The Kier molecular flexibility index (Phi) is 7.06. The highest BCUT2D eigenvalue weighted by Gasteiger charge is 2.20. The fraction of sp³-hybridized carbons (Fsp3) is 0.0213. The molecule has 9 aromatic rings. The minimum atomic E-state index is 1.10. The molecular formula is C47H34N2. The molecule has 0 atom stereocenters. The van der Waals surface area contributed by atoms with Crippen molar-refractivity contribution in [2.45, 2.75) is 6.92 Å². The van der Waals surface area contributed by atoms with Crippen molar-refractivity contribution in [2.75, 3.05) is 4.90 Å². The minimum Gasteiger partial charge on any atom is -0.310 e. The Morgan fingerprint density at radius 1 is 0.408 bits per heavy atom. The monoisotopic (exact) mass is 626 g/mol. The first-order valence-electron chi connectivity index (χ1n) is 16.9. The SMILES string of the molecule is Cc1ccc(-c2ccc3ccccc3c2)c(N(c2ccc(-c3ccccc3)cc2)c2ccc3c4ccccc4n(-c4ccccc4)c3c2)c1. The normalized spacial score (nSPS) is 11.4. The van der Waals surface area contributed by atoms with Gasteiger partial charge >= 0.3 is 0 Å². The molecule has 0 fully saturated rings. The van der Waals surface area contributed by atoms with Gasteiger partial charge in [0, 0.05) is 33.4 Å². The summed E-state index contributed by atoms with van der Waals surface area (Å²) in [5, 5.41) is 4.96. The average Bonchev–Trinajstić information content (AvgIpc) is 3.49. The van der Waals surface area contributed by atoms with Crippen LogP contribution in [0.4, 0.5) is 17.1 Å². The molecule has 0 unspecified atom stereocenters. The topological polar surface area (TPSA) is 8.17 Å². The van der Waals surface area contributed by atoms with E-state index in [1.807, 2.05) is 0 Å². The highest BCUT2D eigenvalue weighted by Crippen LogP contribution is 2.44. The number of aromatic nitrogens is 1. The lowest BCUT2D eigenvalue weighted by Crippen LogP contribution is -2.12. The van der Waals surface area contributed by atoms with Crippen molar-refractivity contribution in [3.05, 3.63) is 194 Å². The Hall–Kier alpha value is -6.38. The molecule has 0 amide bonds. The smallest absolute Gasteiger partial charge is 0.0561 e. The predicted molar refractivity (Wildman–Crippen MR) is 209 cm³/mol. The summed E-state index contributed by atoms with van der Waals surface area (Å²) in [7, 11) is 0. The lowest BCUT2D eigenvalue weighted by molar-refractivity contribution is 1.18. The van der Waals surface area contributed by atoms with E-state index >= 15 is 0 Å². The zero-order valence-corrected chi connectivity index (χ0v) is 27.3. The standard InChI is InChI=1S/C47H34N2/c1-33-20-28-42(38-22-21-35-14-8-9-15-37(35)31-38)46(30-33)48(40-25-23-36(24-26-40)34-12-4-2-5-13-34)41-27-29-44-43-18-10-11-19-45(43)49(47(44)32-41)39-16-6-3-7-17-39/h2-32H,1H3. The van der Waals surface area contributed by atoms with Crippen LogP contribution in [0.25, 0.3) is 60.5 Å². The summed E-state index contributed by atoms with van der Waals surface area (Å²) in [6.45, 7) is 2.18. The highest BCUT2D eigenvalue weighted by atomic mass is 15.1. The van der Waals surface area contributed by atoms with Crippen molar-refractivity contribution >= 4 is 49.6 Å². The number of benzene rings is 8. The van der Waals surface area contributed by atoms with Gasteiger partial charge in [-0.3, -0.25) is 0 Å². The highest BCUT2D eigenvalue weighted by molar-refractivity contribution is 6.10. The molecule has 9 rings (SSSR count). The maximum absolute atomic E-state index is 2.43. The van der Waals surface area contributed by atoms with Gasteiger partial charge in [-0.2, -0.15) is 0 Å². The molecule has 0 bridgehead atoms. The van der Waals surface area contributed by atoms with Crippen LogP contribution in [0.1, 0.15) is 5.56 Å². The van der Waals surface area contributed by atoms with Crippen LogP contribution in [0.5, 0.6) is 0 Å². The number of rotatable bonds is 6. The van der Waals surface area contributed by atoms with Gasteiger partial charge in [0.1, 0.15) is 0 Å². The number of nitrogens with zero attached hydrogens (tertiary/aromatic N) is 2. The molecule has 0 aliphatic heterocycles. The van der Waals surface area contributed by atoms with E-state index in [2.05, 4.69) is 204 Å². The van der Waals surface area contributed by atoms with Gasteiger partial charge in [0.25, 0.3) is 0 Å². The molecular weight excluding hydrogens is 593 g/mol. The van der Waals surface area contributed by atoms with Gasteiger partial charge in [0.05, 0.1) is 16.7 Å². The van der Waals surface area contributed by atoms with E-state index in [9.17, 15) is 0 Å². The first-order valence-corrected chi connectivity index (χ1v) is 16.9. The number of hydrogen-bond donors (Lipinski definition) is 0. The van der Waals surface area contributed by atoms with Crippen molar-refractivity contribution in [2.24, 2.45) is 0 Å². The summed E-state index contributed by atoms with van der Waals surface area (Å²) < 4.78 is 2.39. The largest absolute Gasteiger partial charge is 0.310 e. The van der Waals surface area contributed by atoms with Gasteiger partial charge in [-0.1, -0.05) is 133 Å². The maximum Gasteiger partial charge on any atom is 0.0561 e. The van der Waals surface area contributed by atoms with Gasteiger partial charge in [-0.25, -0.2) is 0 Å². The van der Waals surface area contributed by atoms with Crippen molar-refractivity contribution in [1.29, 1.82) is 0 Å². The first kappa shape index (κ1) is 28.8. The van der Waals surface area contributed by atoms with Crippen LogP contribution in [-0.2, 0) is 0 Å². The second-order valence-corrected chi connectivity index (χ2v) is 12.7. The summed E-state index contributed by atoms with van der Waals surface area (Å²) in [5.41, 5.74) is 12.9. The molecule has 0 aliphatic carbocycles. The quantitative estimate of drug-likeness (QED) is 0.178. The summed E-state index contributed by atoms with van der Waals surface area (Å²) >= 11 is 0. The number of anilines is 3. The van der Waals surface area contributed by atoms with Crippen LogP contribution in [0, 0.1) is 6.92 Å². The van der Waals surface area contributed by atoms with E-state index in [4.69, 9.17) is 0 Å². The molecule has 0 saturated heterocycles. The maximum atomic E-state index is 2.43. The van der Waals surface area contributed by atoms with Gasteiger partial charge < -0.3 is 9.47 Å². The Balaban J connectivity index is 1.29. The molecule has 1 aromatic heterocycles. The second kappa shape index (κ2) is 12.0. The summed E-state index contributed by atoms with van der Waals surface area (Å²) in [6.07, 6.45) is 0. The van der Waals surface area contributed by atoms with E-state index < -0.39 is 0 Å². The van der Waals surface area contributed by atoms with Crippen LogP contribution in [0.2, 0.25) is 0 Å². The Morgan fingerprint density at radius 3 is 1.86 bits per heavy atom. The third-order valence-corrected chi connectivity index (χ3v) is 9.62. The second-order valence-electron chi connectivity index (χ2n) is 12.7. The van der Waals surface area contributed by atoms with E-state index in [1.165, 1.54) is 60.4 Å². The molecule has 0 spiro atoms. The Morgan fingerprint density at radius 2 is 1.04 bits per heavy atom. The molecule has 232 valence electrons. The zero-order chi connectivity index (χ0) is 32.7. The summed E-state index contributed by atoms with van der Waals surface area (Å²) in [5.74, 6) is 0. The summed E-state index contributed by atoms with van der Waals surface area (Å²) in [4.78, 5) is 2.43. The molecule has 2 nitrogen and oxygen atoms in total. The van der Waals surface area contributed by atoms with Crippen LogP contribution >= 0.6 is 0 Å². The zero-order valence-electron chi connectivity index (χ0n) is 27.3. The lowest BCUT2D eigenvalue weighted by Gasteiger charge is -2.29. The Bertz CT molecular complexity index is 2600. The molecule has 0 N–H and O–H groups in total.